The Morgan fingerprint density at radius 2 is 1.93 bits per heavy atom. The standard InChI is InChI=1S/C21H21NO5/c1-14-10-21(24)27-19-11-16(8-9-17(14)19)26-13-20(23)22(2)12-15-6-4-5-7-18(15)25-3/h4-11H,12-13H2,1-3H3. The zero-order valence-corrected chi connectivity index (χ0v) is 15.5. The van der Waals surface area contributed by atoms with Gasteiger partial charge in [-0.1, -0.05) is 18.2 Å². The molecule has 6 heteroatoms. The summed E-state index contributed by atoms with van der Waals surface area (Å²) < 4.78 is 16.1. The zero-order valence-electron chi connectivity index (χ0n) is 15.5. The van der Waals surface area contributed by atoms with Crippen LogP contribution in [0.1, 0.15) is 11.1 Å². The Balaban J connectivity index is 1.66. The number of aryl methyl sites for hydroxylation is 1. The quantitative estimate of drug-likeness (QED) is 0.626. The van der Waals surface area contributed by atoms with Gasteiger partial charge in [0.05, 0.1) is 7.11 Å². The molecule has 6 nitrogen and oxygen atoms in total. The van der Waals surface area contributed by atoms with Crippen molar-refractivity contribution in [1.82, 2.24) is 4.90 Å². The molecular formula is C21H21NO5. The molecule has 0 N–H and O–H groups in total. The first kappa shape index (κ1) is 18.5. The lowest BCUT2D eigenvalue weighted by molar-refractivity contribution is -0.132. The lowest BCUT2D eigenvalue weighted by atomic mass is 10.1. The first-order valence-electron chi connectivity index (χ1n) is 8.51. The van der Waals surface area contributed by atoms with Crippen molar-refractivity contribution in [1.29, 1.82) is 0 Å². The maximum Gasteiger partial charge on any atom is 0.336 e. The Morgan fingerprint density at radius 3 is 2.70 bits per heavy atom. The van der Waals surface area contributed by atoms with Crippen LogP contribution in [0.2, 0.25) is 0 Å². The second-order valence-electron chi connectivity index (χ2n) is 6.26. The Hall–Kier alpha value is -3.28. The minimum absolute atomic E-state index is 0.118. The Morgan fingerprint density at radius 1 is 1.15 bits per heavy atom. The molecule has 3 rings (SSSR count). The molecule has 0 aliphatic heterocycles. The Kier molecular flexibility index (Phi) is 5.45. The van der Waals surface area contributed by atoms with E-state index in [1.54, 1.807) is 31.2 Å². The van der Waals surface area contributed by atoms with E-state index in [1.807, 2.05) is 37.3 Å². The van der Waals surface area contributed by atoms with Crippen molar-refractivity contribution in [2.24, 2.45) is 0 Å². The van der Waals surface area contributed by atoms with Crippen molar-refractivity contribution in [2.45, 2.75) is 13.5 Å². The highest BCUT2D eigenvalue weighted by molar-refractivity contribution is 5.81. The minimum Gasteiger partial charge on any atom is -0.496 e. The van der Waals surface area contributed by atoms with Gasteiger partial charge < -0.3 is 18.8 Å². The summed E-state index contributed by atoms with van der Waals surface area (Å²) in [6.07, 6.45) is 0. The van der Waals surface area contributed by atoms with E-state index in [-0.39, 0.29) is 12.5 Å². The zero-order chi connectivity index (χ0) is 19.4. The molecule has 0 spiro atoms. The van der Waals surface area contributed by atoms with Gasteiger partial charge in [-0.25, -0.2) is 4.79 Å². The van der Waals surface area contributed by atoms with E-state index in [4.69, 9.17) is 13.9 Å². The SMILES string of the molecule is COc1ccccc1CN(C)C(=O)COc1ccc2c(C)cc(=O)oc2c1. The highest BCUT2D eigenvalue weighted by atomic mass is 16.5. The molecule has 0 saturated heterocycles. The van der Waals surface area contributed by atoms with Crippen LogP contribution in [-0.2, 0) is 11.3 Å². The van der Waals surface area contributed by atoms with Crippen LogP contribution in [0.3, 0.4) is 0 Å². The fraction of sp³-hybridized carbons (Fsp3) is 0.238. The first-order chi connectivity index (χ1) is 13.0. The van der Waals surface area contributed by atoms with Gasteiger partial charge in [0, 0.05) is 36.7 Å². The largest absolute Gasteiger partial charge is 0.496 e. The van der Waals surface area contributed by atoms with E-state index < -0.39 is 5.63 Å². The average molecular weight is 367 g/mol. The predicted molar refractivity (Wildman–Crippen MR) is 102 cm³/mol. The summed E-state index contributed by atoms with van der Waals surface area (Å²) in [7, 11) is 3.31. The maximum atomic E-state index is 12.4. The summed E-state index contributed by atoms with van der Waals surface area (Å²) in [6, 6.07) is 14.2. The molecule has 0 radical (unpaired) electrons. The molecule has 1 heterocycles. The molecule has 140 valence electrons. The van der Waals surface area contributed by atoms with Gasteiger partial charge in [-0.3, -0.25) is 4.79 Å². The number of rotatable bonds is 6. The van der Waals surface area contributed by atoms with Gasteiger partial charge >= 0.3 is 5.63 Å². The molecule has 2 aromatic carbocycles. The number of benzene rings is 2. The number of para-hydroxylation sites is 1. The van der Waals surface area contributed by atoms with Crippen LogP contribution < -0.4 is 15.1 Å². The van der Waals surface area contributed by atoms with Crippen LogP contribution in [-0.4, -0.2) is 31.6 Å². The van der Waals surface area contributed by atoms with E-state index in [9.17, 15) is 9.59 Å². The van der Waals surface area contributed by atoms with E-state index in [0.29, 0.717) is 17.9 Å². The van der Waals surface area contributed by atoms with Crippen molar-refractivity contribution in [3.63, 3.8) is 0 Å². The maximum absolute atomic E-state index is 12.4. The van der Waals surface area contributed by atoms with Crippen LogP contribution in [0.15, 0.2) is 57.7 Å². The smallest absolute Gasteiger partial charge is 0.336 e. The highest BCUT2D eigenvalue weighted by Gasteiger charge is 2.13. The van der Waals surface area contributed by atoms with E-state index in [2.05, 4.69) is 0 Å². The molecule has 0 atom stereocenters. The van der Waals surface area contributed by atoms with Crippen molar-refractivity contribution < 1.29 is 18.7 Å². The van der Waals surface area contributed by atoms with Crippen LogP contribution in [0, 0.1) is 6.92 Å². The van der Waals surface area contributed by atoms with Crippen molar-refractivity contribution in [3.8, 4) is 11.5 Å². The van der Waals surface area contributed by atoms with Gasteiger partial charge in [-0.15, -0.1) is 0 Å². The number of carbonyl (C=O) groups is 1. The summed E-state index contributed by atoms with van der Waals surface area (Å²) in [4.78, 5) is 25.5. The monoisotopic (exact) mass is 367 g/mol. The van der Waals surface area contributed by atoms with Gasteiger partial charge in [-0.05, 0) is 30.7 Å². The summed E-state index contributed by atoms with van der Waals surface area (Å²) >= 11 is 0. The molecule has 1 aromatic heterocycles. The molecule has 27 heavy (non-hydrogen) atoms. The summed E-state index contributed by atoms with van der Waals surface area (Å²) in [6.45, 7) is 2.14. The topological polar surface area (TPSA) is 69.0 Å². The first-order valence-corrected chi connectivity index (χ1v) is 8.51. The molecule has 0 saturated carbocycles. The third kappa shape index (κ3) is 4.28. The number of hydrogen-bond acceptors (Lipinski definition) is 5. The second-order valence-corrected chi connectivity index (χ2v) is 6.26. The second kappa shape index (κ2) is 7.95. The fourth-order valence-electron chi connectivity index (χ4n) is 2.83. The van der Waals surface area contributed by atoms with Crippen LogP contribution in [0.25, 0.3) is 11.0 Å². The average Bonchev–Trinajstić information content (AvgIpc) is 2.66. The fourth-order valence-corrected chi connectivity index (χ4v) is 2.83. The lowest BCUT2D eigenvalue weighted by Gasteiger charge is -2.19. The van der Waals surface area contributed by atoms with Crippen LogP contribution in [0.4, 0.5) is 0 Å². The normalized spacial score (nSPS) is 10.6. The van der Waals surface area contributed by atoms with Crippen LogP contribution in [0.5, 0.6) is 11.5 Å². The van der Waals surface area contributed by atoms with Crippen LogP contribution >= 0.6 is 0 Å². The number of methoxy groups -OCH3 is 1. The predicted octanol–water partition coefficient (Wildman–Crippen LogP) is 3.15. The third-order valence-corrected chi connectivity index (χ3v) is 4.31. The molecule has 0 fully saturated rings. The number of nitrogens with zero attached hydrogens (tertiary/aromatic N) is 1. The minimum atomic E-state index is -0.412. The summed E-state index contributed by atoms with van der Waals surface area (Å²) in [5, 5.41) is 0.835. The van der Waals surface area contributed by atoms with E-state index in [0.717, 1.165) is 22.3 Å². The molecule has 0 bridgehead atoms. The van der Waals surface area contributed by atoms with Gasteiger partial charge in [0.25, 0.3) is 5.91 Å². The molecular weight excluding hydrogens is 346 g/mol. The van der Waals surface area contributed by atoms with Crippen molar-refractivity contribution in [2.75, 3.05) is 20.8 Å². The van der Waals surface area contributed by atoms with Gasteiger partial charge in [0.1, 0.15) is 17.1 Å². The van der Waals surface area contributed by atoms with Crippen molar-refractivity contribution in [3.05, 3.63) is 70.1 Å². The number of amides is 1. The van der Waals surface area contributed by atoms with Gasteiger partial charge in [-0.2, -0.15) is 0 Å². The van der Waals surface area contributed by atoms with E-state index in [1.165, 1.54) is 6.07 Å². The van der Waals surface area contributed by atoms with Gasteiger partial charge in [0.15, 0.2) is 6.61 Å². The number of carbonyl (C=O) groups excluding carboxylic acids is 1. The summed E-state index contributed by atoms with van der Waals surface area (Å²) in [5.41, 5.74) is 1.77. The number of likely N-dealkylation sites (N-methyl/N-ethyl adjacent to an activating group) is 1. The Labute approximate surface area is 156 Å². The number of ether oxygens (including phenoxy) is 2. The summed E-state index contributed by atoms with van der Waals surface area (Å²) in [5.74, 6) is 1.03. The molecule has 1 amide bonds. The molecule has 3 aromatic rings. The molecule has 0 aliphatic carbocycles. The lowest BCUT2D eigenvalue weighted by Crippen LogP contribution is -2.31. The Bertz CT molecular complexity index is 1020. The third-order valence-electron chi connectivity index (χ3n) is 4.31. The number of hydrogen-bond donors (Lipinski definition) is 0. The highest BCUT2D eigenvalue weighted by Crippen LogP contribution is 2.22. The van der Waals surface area contributed by atoms with Gasteiger partial charge in [0.2, 0.25) is 0 Å². The number of fused-ring (bicyclic) bond motifs is 1. The molecule has 0 unspecified atom stereocenters. The van der Waals surface area contributed by atoms with Crippen molar-refractivity contribution >= 4 is 16.9 Å². The molecule has 0 aliphatic rings. The van der Waals surface area contributed by atoms with E-state index >= 15 is 0 Å².